The summed E-state index contributed by atoms with van der Waals surface area (Å²) in [4.78, 5) is 2.40. The molecule has 1 saturated carbocycles. The van der Waals surface area contributed by atoms with Crippen LogP contribution in [-0.2, 0) is 0 Å². The van der Waals surface area contributed by atoms with E-state index < -0.39 is 0 Å². The lowest BCUT2D eigenvalue weighted by Crippen LogP contribution is -2.39. The van der Waals surface area contributed by atoms with E-state index in [1.165, 1.54) is 32.1 Å². The maximum Gasteiger partial charge on any atom is 0.0672 e. The van der Waals surface area contributed by atoms with Crippen LogP contribution in [0.3, 0.4) is 0 Å². The molecule has 1 aliphatic carbocycles. The number of nitrogens with zero attached hydrogens (tertiary/aromatic N) is 2. The van der Waals surface area contributed by atoms with Crippen LogP contribution in [0.5, 0.6) is 0 Å². The van der Waals surface area contributed by atoms with E-state index in [0.29, 0.717) is 6.04 Å². The maximum absolute atomic E-state index is 9.06. The van der Waals surface area contributed by atoms with Gasteiger partial charge in [0.15, 0.2) is 0 Å². The molecule has 2 atom stereocenters. The van der Waals surface area contributed by atoms with Crippen molar-refractivity contribution in [2.45, 2.75) is 51.5 Å². The summed E-state index contributed by atoms with van der Waals surface area (Å²) in [7, 11) is 2.18. The molecular weight excluding hydrogens is 172 g/mol. The van der Waals surface area contributed by atoms with Crippen molar-refractivity contribution in [3.05, 3.63) is 0 Å². The van der Waals surface area contributed by atoms with Crippen LogP contribution in [-0.4, -0.2) is 24.5 Å². The maximum atomic E-state index is 9.06. The van der Waals surface area contributed by atoms with E-state index in [-0.39, 0.29) is 5.92 Å². The summed E-state index contributed by atoms with van der Waals surface area (Å²) >= 11 is 0. The predicted molar refractivity (Wildman–Crippen MR) is 58.9 cm³/mol. The first-order chi connectivity index (χ1) is 6.79. The summed E-state index contributed by atoms with van der Waals surface area (Å²) in [5, 5.41) is 9.06. The molecule has 0 bridgehead atoms. The zero-order chi connectivity index (χ0) is 10.4. The molecule has 14 heavy (non-hydrogen) atoms. The third-order valence-electron chi connectivity index (χ3n) is 3.33. The highest BCUT2D eigenvalue weighted by atomic mass is 15.1. The van der Waals surface area contributed by atoms with Gasteiger partial charge in [-0.25, -0.2) is 0 Å². The molecule has 2 unspecified atom stereocenters. The van der Waals surface area contributed by atoms with Gasteiger partial charge in [-0.1, -0.05) is 26.2 Å². The largest absolute Gasteiger partial charge is 0.302 e. The molecule has 80 valence electrons. The van der Waals surface area contributed by atoms with Crippen molar-refractivity contribution in [2.75, 3.05) is 13.6 Å². The second kappa shape index (κ2) is 6.03. The molecule has 0 radical (unpaired) electrons. The molecule has 1 fully saturated rings. The lowest BCUT2D eigenvalue weighted by atomic mass is 9.84. The van der Waals surface area contributed by atoms with Crippen molar-refractivity contribution in [1.82, 2.24) is 4.90 Å². The van der Waals surface area contributed by atoms with Gasteiger partial charge < -0.3 is 4.90 Å². The zero-order valence-corrected chi connectivity index (χ0v) is 9.50. The molecule has 2 nitrogen and oxygen atoms in total. The first kappa shape index (κ1) is 11.5. The fourth-order valence-corrected chi connectivity index (χ4v) is 2.36. The van der Waals surface area contributed by atoms with Gasteiger partial charge in [0.25, 0.3) is 0 Å². The van der Waals surface area contributed by atoms with Crippen LogP contribution in [0, 0.1) is 17.2 Å². The summed E-state index contributed by atoms with van der Waals surface area (Å²) < 4.78 is 0. The third kappa shape index (κ3) is 2.99. The molecule has 1 aliphatic rings. The standard InChI is InChI=1S/C12H22N2/c1-3-4-9-14(2)12-8-6-5-7-11(12)10-13/h11-12H,3-9H2,1-2H3. The Balaban J connectivity index is 2.42. The quantitative estimate of drug-likeness (QED) is 0.688. The molecular formula is C12H22N2. The molecule has 2 heteroatoms. The van der Waals surface area contributed by atoms with Crippen molar-refractivity contribution in [2.24, 2.45) is 5.92 Å². The highest BCUT2D eigenvalue weighted by molar-refractivity contribution is 4.94. The van der Waals surface area contributed by atoms with E-state index in [0.717, 1.165) is 13.0 Å². The number of hydrogen-bond donors (Lipinski definition) is 0. The Morgan fingerprint density at radius 1 is 1.36 bits per heavy atom. The lowest BCUT2D eigenvalue weighted by Gasteiger charge is -2.34. The third-order valence-corrected chi connectivity index (χ3v) is 3.33. The summed E-state index contributed by atoms with van der Waals surface area (Å²) in [6.07, 6.45) is 7.38. The smallest absolute Gasteiger partial charge is 0.0672 e. The van der Waals surface area contributed by atoms with Gasteiger partial charge in [-0.15, -0.1) is 0 Å². The van der Waals surface area contributed by atoms with Gasteiger partial charge in [-0.05, 0) is 32.9 Å². The molecule has 0 heterocycles. The Morgan fingerprint density at radius 3 is 2.71 bits per heavy atom. The SMILES string of the molecule is CCCCN(C)C1CCCCC1C#N. The molecule has 0 aromatic carbocycles. The molecule has 0 N–H and O–H groups in total. The average Bonchev–Trinajstić information content (AvgIpc) is 2.25. The number of rotatable bonds is 4. The highest BCUT2D eigenvalue weighted by Gasteiger charge is 2.27. The number of nitriles is 1. The van der Waals surface area contributed by atoms with E-state index in [2.05, 4.69) is 24.9 Å². The predicted octanol–water partition coefficient (Wildman–Crippen LogP) is 2.80. The molecule has 0 aromatic heterocycles. The molecule has 0 amide bonds. The van der Waals surface area contributed by atoms with Crippen molar-refractivity contribution < 1.29 is 0 Å². The van der Waals surface area contributed by atoms with E-state index >= 15 is 0 Å². The molecule has 0 aromatic rings. The van der Waals surface area contributed by atoms with E-state index in [1.54, 1.807) is 0 Å². The minimum Gasteiger partial charge on any atom is -0.302 e. The summed E-state index contributed by atoms with van der Waals surface area (Å²) in [5.74, 6) is 0.283. The number of hydrogen-bond acceptors (Lipinski definition) is 2. The molecule has 1 rings (SSSR count). The Kier molecular flexibility index (Phi) is 4.97. The van der Waals surface area contributed by atoms with Crippen molar-refractivity contribution in [1.29, 1.82) is 5.26 Å². The van der Waals surface area contributed by atoms with Gasteiger partial charge in [0.2, 0.25) is 0 Å². The van der Waals surface area contributed by atoms with Gasteiger partial charge in [-0.3, -0.25) is 0 Å². The normalized spacial score (nSPS) is 27.6. The van der Waals surface area contributed by atoms with Crippen LogP contribution in [0.2, 0.25) is 0 Å². The van der Waals surface area contributed by atoms with E-state index in [1.807, 2.05) is 0 Å². The Bertz CT molecular complexity index is 195. The fraction of sp³-hybridized carbons (Fsp3) is 0.917. The van der Waals surface area contributed by atoms with Gasteiger partial charge in [0, 0.05) is 6.04 Å². The van der Waals surface area contributed by atoms with Gasteiger partial charge in [-0.2, -0.15) is 5.26 Å². The fourth-order valence-electron chi connectivity index (χ4n) is 2.36. The Labute approximate surface area is 87.9 Å². The minimum atomic E-state index is 0.283. The van der Waals surface area contributed by atoms with Crippen LogP contribution in [0.1, 0.15) is 45.4 Å². The van der Waals surface area contributed by atoms with Crippen LogP contribution < -0.4 is 0 Å². The highest BCUT2D eigenvalue weighted by Crippen LogP contribution is 2.27. The first-order valence-electron chi connectivity index (χ1n) is 5.89. The van der Waals surface area contributed by atoms with Gasteiger partial charge in [0.1, 0.15) is 0 Å². The van der Waals surface area contributed by atoms with Gasteiger partial charge in [0.05, 0.1) is 12.0 Å². The first-order valence-corrected chi connectivity index (χ1v) is 5.89. The van der Waals surface area contributed by atoms with Crippen LogP contribution in [0.25, 0.3) is 0 Å². The minimum absolute atomic E-state index is 0.283. The summed E-state index contributed by atoms with van der Waals surface area (Å²) in [6, 6.07) is 3.00. The summed E-state index contributed by atoms with van der Waals surface area (Å²) in [5.41, 5.74) is 0. The van der Waals surface area contributed by atoms with Crippen LogP contribution in [0.15, 0.2) is 0 Å². The molecule has 0 aliphatic heterocycles. The van der Waals surface area contributed by atoms with E-state index in [9.17, 15) is 0 Å². The monoisotopic (exact) mass is 194 g/mol. The van der Waals surface area contributed by atoms with Crippen molar-refractivity contribution >= 4 is 0 Å². The summed E-state index contributed by atoms with van der Waals surface area (Å²) in [6.45, 7) is 3.37. The van der Waals surface area contributed by atoms with E-state index in [4.69, 9.17) is 5.26 Å². The van der Waals surface area contributed by atoms with Crippen molar-refractivity contribution in [3.63, 3.8) is 0 Å². The number of unbranched alkanes of at least 4 members (excludes halogenated alkanes) is 1. The average molecular weight is 194 g/mol. The topological polar surface area (TPSA) is 27.0 Å². The second-order valence-corrected chi connectivity index (χ2v) is 4.42. The zero-order valence-electron chi connectivity index (χ0n) is 9.50. The molecule has 0 spiro atoms. The lowest BCUT2D eigenvalue weighted by molar-refractivity contribution is 0.156. The Morgan fingerprint density at radius 2 is 2.07 bits per heavy atom. The van der Waals surface area contributed by atoms with Crippen LogP contribution >= 0.6 is 0 Å². The van der Waals surface area contributed by atoms with Crippen molar-refractivity contribution in [3.8, 4) is 6.07 Å². The Hall–Kier alpha value is -0.550. The second-order valence-electron chi connectivity index (χ2n) is 4.42. The van der Waals surface area contributed by atoms with Crippen LogP contribution in [0.4, 0.5) is 0 Å². The molecule has 0 saturated heterocycles. The van der Waals surface area contributed by atoms with Gasteiger partial charge >= 0.3 is 0 Å².